The first-order chi connectivity index (χ1) is 9.10. The average molecular weight is 257 g/mol. The highest BCUT2D eigenvalue weighted by atomic mass is 16.5. The van der Waals surface area contributed by atoms with Gasteiger partial charge in [-0.25, -0.2) is 0 Å². The Hall–Kier alpha value is -1.49. The molecular weight excluding hydrogens is 234 g/mol. The van der Waals surface area contributed by atoms with Crippen molar-refractivity contribution in [3.63, 3.8) is 0 Å². The highest BCUT2D eigenvalue weighted by Crippen LogP contribution is 2.36. The summed E-state index contributed by atoms with van der Waals surface area (Å²) in [5.41, 5.74) is 0.669. The van der Waals surface area contributed by atoms with Crippen molar-refractivity contribution in [2.24, 2.45) is 17.8 Å². The van der Waals surface area contributed by atoms with Crippen molar-refractivity contribution in [1.82, 2.24) is 0 Å². The van der Waals surface area contributed by atoms with Crippen molar-refractivity contribution in [3.05, 3.63) is 29.8 Å². The molecule has 0 bridgehead atoms. The summed E-state index contributed by atoms with van der Waals surface area (Å²) < 4.78 is 6.19. The standard InChI is InChI=1S/C17H23NO/c1-12(2)16-8-7-13(3)9-17(16)19-15-6-4-5-14(10-15)11-18/h4-6,10,12-13,16-17H,7-9H2,1-3H3. The van der Waals surface area contributed by atoms with Crippen LogP contribution in [0.4, 0.5) is 0 Å². The van der Waals surface area contributed by atoms with Gasteiger partial charge < -0.3 is 4.74 Å². The molecule has 1 aromatic rings. The molecule has 0 aliphatic heterocycles. The Bertz CT molecular complexity index is 461. The Morgan fingerprint density at radius 3 is 2.79 bits per heavy atom. The lowest BCUT2D eigenvalue weighted by molar-refractivity contribution is 0.0460. The van der Waals surface area contributed by atoms with Gasteiger partial charge in [0.1, 0.15) is 11.9 Å². The molecular formula is C17H23NO. The van der Waals surface area contributed by atoms with Gasteiger partial charge in [-0.3, -0.25) is 0 Å². The predicted octanol–water partition coefficient (Wildman–Crippen LogP) is 4.40. The molecule has 1 aliphatic rings. The Morgan fingerprint density at radius 1 is 1.32 bits per heavy atom. The monoisotopic (exact) mass is 257 g/mol. The van der Waals surface area contributed by atoms with Crippen LogP contribution in [0.25, 0.3) is 0 Å². The molecule has 1 aromatic carbocycles. The van der Waals surface area contributed by atoms with E-state index in [1.165, 1.54) is 12.8 Å². The molecule has 1 aliphatic carbocycles. The molecule has 0 heterocycles. The summed E-state index contributed by atoms with van der Waals surface area (Å²) in [5, 5.41) is 8.94. The fourth-order valence-electron chi connectivity index (χ4n) is 3.06. The summed E-state index contributed by atoms with van der Waals surface area (Å²) in [6.07, 6.45) is 3.97. The molecule has 2 heteroatoms. The second-order valence-corrected chi connectivity index (χ2v) is 6.12. The summed E-state index contributed by atoms with van der Waals surface area (Å²) in [4.78, 5) is 0. The van der Waals surface area contributed by atoms with Crippen LogP contribution in [0.5, 0.6) is 5.75 Å². The van der Waals surface area contributed by atoms with Crippen LogP contribution >= 0.6 is 0 Å². The minimum absolute atomic E-state index is 0.290. The minimum atomic E-state index is 0.290. The third-order valence-electron chi connectivity index (χ3n) is 4.21. The zero-order valence-electron chi connectivity index (χ0n) is 12.1. The molecule has 0 N–H and O–H groups in total. The van der Waals surface area contributed by atoms with Gasteiger partial charge in [0.25, 0.3) is 0 Å². The second-order valence-electron chi connectivity index (χ2n) is 6.12. The van der Waals surface area contributed by atoms with Crippen LogP contribution in [0.15, 0.2) is 24.3 Å². The number of nitrogens with zero attached hydrogens (tertiary/aromatic N) is 1. The van der Waals surface area contributed by atoms with E-state index in [0.717, 1.165) is 18.1 Å². The van der Waals surface area contributed by atoms with E-state index in [2.05, 4.69) is 26.8 Å². The van der Waals surface area contributed by atoms with Crippen LogP contribution in [-0.4, -0.2) is 6.10 Å². The van der Waals surface area contributed by atoms with Crippen molar-refractivity contribution in [2.75, 3.05) is 0 Å². The molecule has 0 amide bonds. The van der Waals surface area contributed by atoms with Gasteiger partial charge in [0.15, 0.2) is 0 Å². The molecule has 0 aromatic heterocycles. The highest BCUT2D eigenvalue weighted by molar-refractivity contribution is 5.36. The zero-order chi connectivity index (χ0) is 13.8. The predicted molar refractivity (Wildman–Crippen MR) is 76.9 cm³/mol. The molecule has 19 heavy (non-hydrogen) atoms. The molecule has 3 unspecified atom stereocenters. The maximum atomic E-state index is 8.94. The van der Waals surface area contributed by atoms with Crippen molar-refractivity contribution in [1.29, 1.82) is 5.26 Å². The van der Waals surface area contributed by atoms with Crippen LogP contribution in [0, 0.1) is 29.1 Å². The van der Waals surface area contributed by atoms with E-state index < -0.39 is 0 Å². The first kappa shape index (κ1) is 13.9. The molecule has 2 rings (SSSR count). The van der Waals surface area contributed by atoms with E-state index in [4.69, 9.17) is 10.00 Å². The Kier molecular flexibility index (Phi) is 4.47. The van der Waals surface area contributed by atoms with Crippen LogP contribution in [0.2, 0.25) is 0 Å². The summed E-state index contributed by atoms with van der Waals surface area (Å²) in [7, 11) is 0. The van der Waals surface area contributed by atoms with E-state index in [1.54, 1.807) is 0 Å². The van der Waals surface area contributed by atoms with E-state index in [9.17, 15) is 0 Å². The number of ether oxygens (including phenoxy) is 1. The third kappa shape index (κ3) is 3.50. The Morgan fingerprint density at radius 2 is 2.11 bits per heavy atom. The third-order valence-corrected chi connectivity index (χ3v) is 4.21. The average Bonchev–Trinajstić information content (AvgIpc) is 2.38. The first-order valence-corrected chi connectivity index (χ1v) is 7.27. The van der Waals surface area contributed by atoms with E-state index in [-0.39, 0.29) is 6.10 Å². The minimum Gasteiger partial charge on any atom is -0.490 e. The van der Waals surface area contributed by atoms with Crippen LogP contribution in [0.3, 0.4) is 0 Å². The zero-order valence-corrected chi connectivity index (χ0v) is 12.1. The molecule has 0 saturated heterocycles. The number of hydrogen-bond acceptors (Lipinski definition) is 2. The Labute approximate surface area is 116 Å². The number of nitriles is 1. The van der Waals surface area contributed by atoms with Gasteiger partial charge >= 0.3 is 0 Å². The fraction of sp³-hybridized carbons (Fsp3) is 0.588. The highest BCUT2D eigenvalue weighted by Gasteiger charge is 2.32. The quantitative estimate of drug-likeness (QED) is 0.804. The summed E-state index contributed by atoms with van der Waals surface area (Å²) >= 11 is 0. The Balaban J connectivity index is 2.12. The van der Waals surface area contributed by atoms with Crippen molar-refractivity contribution in [3.8, 4) is 11.8 Å². The number of rotatable bonds is 3. The van der Waals surface area contributed by atoms with E-state index >= 15 is 0 Å². The van der Waals surface area contributed by atoms with Gasteiger partial charge in [-0.15, -0.1) is 0 Å². The largest absolute Gasteiger partial charge is 0.490 e. The fourth-order valence-corrected chi connectivity index (χ4v) is 3.06. The maximum Gasteiger partial charge on any atom is 0.121 e. The molecule has 3 atom stereocenters. The lowest BCUT2D eigenvalue weighted by Crippen LogP contribution is -2.36. The lowest BCUT2D eigenvalue weighted by atomic mass is 9.75. The van der Waals surface area contributed by atoms with Gasteiger partial charge in [0, 0.05) is 0 Å². The maximum absolute atomic E-state index is 8.94. The normalized spacial score (nSPS) is 27.0. The van der Waals surface area contributed by atoms with Crippen LogP contribution in [0.1, 0.15) is 45.6 Å². The lowest BCUT2D eigenvalue weighted by Gasteiger charge is -2.37. The summed E-state index contributed by atoms with van der Waals surface area (Å²) in [5.74, 6) is 2.85. The molecule has 1 fully saturated rings. The SMILES string of the molecule is CC1CCC(C(C)C)C(Oc2cccc(C#N)c2)C1. The van der Waals surface area contributed by atoms with Crippen LogP contribution in [-0.2, 0) is 0 Å². The molecule has 0 radical (unpaired) electrons. The summed E-state index contributed by atoms with van der Waals surface area (Å²) in [6, 6.07) is 9.68. The van der Waals surface area contributed by atoms with Crippen molar-refractivity contribution < 1.29 is 4.74 Å². The summed E-state index contributed by atoms with van der Waals surface area (Å²) in [6.45, 7) is 6.87. The molecule has 102 valence electrons. The molecule has 0 spiro atoms. The van der Waals surface area contributed by atoms with Crippen molar-refractivity contribution in [2.45, 2.75) is 46.1 Å². The van der Waals surface area contributed by atoms with E-state index in [0.29, 0.717) is 17.4 Å². The van der Waals surface area contributed by atoms with Gasteiger partial charge in [0.05, 0.1) is 11.6 Å². The van der Waals surface area contributed by atoms with Crippen LogP contribution < -0.4 is 4.74 Å². The molecule has 2 nitrogen and oxygen atoms in total. The first-order valence-electron chi connectivity index (χ1n) is 7.27. The van der Waals surface area contributed by atoms with Gasteiger partial charge in [-0.1, -0.05) is 33.3 Å². The van der Waals surface area contributed by atoms with Crippen molar-refractivity contribution >= 4 is 0 Å². The van der Waals surface area contributed by atoms with Gasteiger partial charge in [0.2, 0.25) is 0 Å². The second kappa shape index (κ2) is 6.10. The van der Waals surface area contributed by atoms with E-state index in [1.807, 2.05) is 24.3 Å². The van der Waals surface area contributed by atoms with Gasteiger partial charge in [-0.2, -0.15) is 5.26 Å². The molecule has 1 saturated carbocycles. The van der Waals surface area contributed by atoms with Gasteiger partial charge in [-0.05, 0) is 48.8 Å². The topological polar surface area (TPSA) is 33.0 Å². The smallest absolute Gasteiger partial charge is 0.121 e. The number of hydrogen-bond donors (Lipinski definition) is 0. The number of benzene rings is 1.